The smallest absolute Gasteiger partial charge is 0.225 e. The number of hydrogen-bond acceptors (Lipinski definition) is 3. The largest absolute Gasteiger partial charge is 0.340 e. The number of nitrogens with two attached hydrogens (primary N) is 1. The van der Waals surface area contributed by atoms with Crippen molar-refractivity contribution in [2.75, 3.05) is 13.1 Å². The molecular formula is C19H30N4O. The van der Waals surface area contributed by atoms with Crippen molar-refractivity contribution in [2.24, 2.45) is 23.5 Å². The highest BCUT2D eigenvalue weighted by atomic mass is 16.2. The van der Waals surface area contributed by atoms with Crippen LogP contribution in [0.25, 0.3) is 0 Å². The van der Waals surface area contributed by atoms with Gasteiger partial charge in [0, 0.05) is 31.2 Å². The van der Waals surface area contributed by atoms with Crippen molar-refractivity contribution in [3.05, 3.63) is 18.0 Å². The number of carbonyl (C=O) groups is 1. The van der Waals surface area contributed by atoms with Crippen molar-refractivity contribution in [1.82, 2.24) is 14.7 Å². The first-order valence-corrected chi connectivity index (χ1v) is 9.67. The Morgan fingerprint density at radius 1 is 1.21 bits per heavy atom. The Morgan fingerprint density at radius 3 is 2.62 bits per heavy atom. The molecule has 1 saturated heterocycles. The maximum absolute atomic E-state index is 13.1. The lowest BCUT2D eigenvalue weighted by Crippen LogP contribution is -2.51. The average molecular weight is 330 g/mol. The maximum Gasteiger partial charge on any atom is 0.225 e. The van der Waals surface area contributed by atoms with Gasteiger partial charge in [-0.05, 0) is 62.8 Å². The number of amides is 1. The minimum atomic E-state index is 0.207. The van der Waals surface area contributed by atoms with Gasteiger partial charge in [-0.2, -0.15) is 5.10 Å². The lowest BCUT2D eigenvalue weighted by Gasteiger charge is -2.45. The minimum absolute atomic E-state index is 0.207. The Kier molecular flexibility index (Phi) is 4.37. The van der Waals surface area contributed by atoms with E-state index in [9.17, 15) is 4.79 Å². The maximum atomic E-state index is 13.1. The SMILES string of the molecule is Cc1cnn(C2CCCN(C(=O)C3CC4CCCC(C3)C4N)C2)c1. The van der Waals surface area contributed by atoms with Crippen molar-refractivity contribution in [2.45, 2.75) is 64.0 Å². The van der Waals surface area contributed by atoms with Crippen LogP contribution in [0, 0.1) is 24.7 Å². The van der Waals surface area contributed by atoms with Gasteiger partial charge in [0.05, 0.1) is 12.2 Å². The normalized spacial score (nSPS) is 36.6. The molecule has 0 aromatic carbocycles. The first-order valence-electron chi connectivity index (χ1n) is 9.67. The van der Waals surface area contributed by atoms with Crippen LogP contribution in [0.1, 0.15) is 56.6 Å². The molecule has 0 spiro atoms. The van der Waals surface area contributed by atoms with Gasteiger partial charge in [-0.1, -0.05) is 6.42 Å². The van der Waals surface area contributed by atoms with E-state index in [4.69, 9.17) is 5.73 Å². The zero-order valence-corrected chi connectivity index (χ0v) is 14.7. The van der Waals surface area contributed by atoms with Crippen molar-refractivity contribution in [3.8, 4) is 0 Å². The lowest BCUT2D eigenvalue weighted by atomic mass is 9.65. The summed E-state index contributed by atoms with van der Waals surface area (Å²) >= 11 is 0. The molecule has 4 rings (SSSR count). The van der Waals surface area contributed by atoms with Gasteiger partial charge >= 0.3 is 0 Å². The van der Waals surface area contributed by atoms with Gasteiger partial charge in [0.15, 0.2) is 0 Å². The molecule has 0 radical (unpaired) electrons. The summed E-state index contributed by atoms with van der Waals surface area (Å²) < 4.78 is 2.06. The Hall–Kier alpha value is -1.36. The summed E-state index contributed by atoms with van der Waals surface area (Å²) in [4.78, 5) is 15.2. The highest BCUT2D eigenvalue weighted by molar-refractivity contribution is 5.79. The molecule has 2 bridgehead atoms. The molecule has 1 aliphatic heterocycles. The van der Waals surface area contributed by atoms with E-state index >= 15 is 0 Å². The van der Waals surface area contributed by atoms with Crippen molar-refractivity contribution < 1.29 is 4.79 Å². The first-order chi connectivity index (χ1) is 11.6. The topological polar surface area (TPSA) is 64.2 Å². The number of carbonyl (C=O) groups excluding carboxylic acids is 1. The number of rotatable bonds is 2. The highest BCUT2D eigenvalue weighted by Crippen LogP contribution is 2.42. The number of piperidine rings is 1. The Balaban J connectivity index is 1.42. The summed E-state index contributed by atoms with van der Waals surface area (Å²) in [5.74, 6) is 1.73. The fraction of sp³-hybridized carbons (Fsp3) is 0.789. The second-order valence-electron chi connectivity index (χ2n) is 8.27. The molecule has 132 valence electrons. The quantitative estimate of drug-likeness (QED) is 0.906. The summed E-state index contributed by atoms with van der Waals surface area (Å²) in [7, 11) is 0. The van der Waals surface area contributed by atoms with E-state index < -0.39 is 0 Å². The van der Waals surface area contributed by atoms with Crippen molar-refractivity contribution in [3.63, 3.8) is 0 Å². The summed E-state index contributed by atoms with van der Waals surface area (Å²) in [6.45, 7) is 3.80. The molecule has 2 N–H and O–H groups in total. The van der Waals surface area contributed by atoms with Crippen LogP contribution < -0.4 is 5.73 Å². The van der Waals surface area contributed by atoms with E-state index in [1.807, 2.05) is 6.20 Å². The third-order valence-electron chi connectivity index (χ3n) is 6.58. The summed E-state index contributed by atoms with van der Waals surface area (Å²) in [5.41, 5.74) is 7.58. The van der Waals surface area contributed by atoms with Crippen molar-refractivity contribution >= 4 is 5.91 Å². The molecule has 3 unspecified atom stereocenters. The van der Waals surface area contributed by atoms with E-state index in [0.29, 0.717) is 29.8 Å². The molecule has 3 aliphatic rings. The van der Waals surface area contributed by atoms with Gasteiger partial charge in [-0.3, -0.25) is 9.48 Å². The van der Waals surface area contributed by atoms with E-state index in [-0.39, 0.29) is 5.92 Å². The second kappa shape index (κ2) is 6.51. The molecule has 2 aliphatic carbocycles. The molecule has 1 amide bonds. The minimum Gasteiger partial charge on any atom is -0.340 e. The Bertz CT molecular complexity index is 584. The second-order valence-corrected chi connectivity index (χ2v) is 8.27. The van der Waals surface area contributed by atoms with Crippen LogP contribution >= 0.6 is 0 Å². The number of likely N-dealkylation sites (tertiary alicyclic amines) is 1. The molecular weight excluding hydrogens is 300 g/mol. The van der Waals surface area contributed by atoms with Crippen molar-refractivity contribution in [1.29, 1.82) is 0 Å². The molecule has 5 heteroatoms. The Morgan fingerprint density at radius 2 is 1.96 bits per heavy atom. The van der Waals surface area contributed by atoms with Gasteiger partial charge in [0.1, 0.15) is 0 Å². The van der Waals surface area contributed by atoms with E-state index in [0.717, 1.165) is 38.8 Å². The zero-order chi connectivity index (χ0) is 16.7. The fourth-order valence-electron chi connectivity index (χ4n) is 5.25. The summed E-state index contributed by atoms with van der Waals surface area (Å²) in [5, 5.41) is 4.46. The highest BCUT2D eigenvalue weighted by Gasteiger charge is 2.42. The molecule has 3 atom stereocenters. The fourth-order valence-corrected chi connectivity index (χ4v) is 5.25. The van der Waals surface area contributed by atoms with Crippen LogP contribution in [0.15, 0.2) is 12.4 Å². The van der Waals surface area contributed by atoms with Crippen LogP contribution in [0.5, 0.6) is 0 Å². The molecule has 1 aromatic heterocycles. The van der Waals surface area contributed by atoms with Crippen LogP contribution in [-0.4, -0.2) is 39.7 Å². The van der Waals surface area contributed by atoms with Crippen LogP contribution in [0.3, 0.4) is 0 Å². The van der Waals surface area contributed by atoms with E-state index in [1.165, 1.54) is 24.8 Å². The summed E-state index contributed by atoms with van der Waals surface area (Å²) in [6.07, 6.45) is 12.0. The standard InChI is InChI=1S/C19H30N4O/c1-13-10-21-23(11-13)17-6-3-7-22(12-17)19(24)16-8-14-4-2-5-15(9-16)18(14)20/h10-11,14-18H,2-9,12,20H2,1H3. The molecule has 1 aromatic rings. The van der Waals surface area contributed by atoms with Gasteiger partial charge < -0.3 is 10.6 Å². The monoisotopic (exact) mass is 330 g/mol. The molecule has 3 fully saturated rings. The van der Waals surface area contributed by atoms with E-state index in [2.05, 4.69) is 27.8 Å². The first kappa shape index (κ1) is 16.1. The zero-order valence-electron chi connectivity index (χ0n) is 14.7. The predicted molar refractivity (Wildman–Crippen MR) is 93.3 cm³/mol. The lowest BCUT2D eigenvalue weighted by molar-refractivity contribution is -0.140. The number of fused-ring (bicyclic) bond motifs is 2. The van der Waals surface area contributed by atoms with Gasteiger partial charge in [-0.15, -0.1) is 0 Å². The van der Waals surface area contributed by atoms with Gasteiger partial charge in [0.2, 0.25) is 5.91 Å². The van der Waals surface area contributed by atoms with Gasteiger partial charge in [0.25, 0.3) is 0 Å². The van der Waals surface area contributed by atoms with Crippen LogP contribution in [-0.2, 0) is 4.79 Å². The molecule has 2 heterocycles. The van der Waals surface area contributed by atoms with Crippen LogP contribution in [0.2, 0.25) is 0 Å². The van der Waals surface area contributed by atoms with E-state index in [1.54, 1.807) is 0 Å². The average Bonchev–Trinajstić information content (AvgIpc) is 3.01. The number of hydrogen-bond donors (Lipinski definition) is 1. The van der Waals surface area contributed by atoms with Gasteiger partial charge in [-0.25, -0.2) is 0 Å². The number of aromatic nitrogens is 2. The predicted octanol–water partition coefficient (Wildman–Crippen LogP) is 2.51. The molecule has 5 nitrogen and oxygen atoms in total. The Labute approximate surface area is 144 Å². The summed E-state index contributed by atoms with van der Waals surface area (Å²) in [6, 6.07) is 0.672. The van der Waals surface area contributed by atoms with Crippen LogP contribution in [0.4, 0.5) is 0 Å². The third-order valence-corrected chi connectivity index (χ3v) is 6.58. The number of nitrogens with zero attached hydrogens (tertiary/aromatic N) is 3. The molecule has 24 heavy (non-hydrogen) atoms. The number of aryl methyl sites for hydroxylation is 1. The third kappa shape index (κ3) is 2.99. The molecule has 2 saturated carbocycles.